The lowest BCUT2D eigenvalue weighted by Gasteiger charge is -2.33. The maximum atomic E-state index is 5.49. The second-order valence-corrected chi connectivity index (χ2v) is 5.29. The summed E-state index contributed by atoms with van der Waals surface area (Å²) in [6.45, 7) is 8.61. The zero-order valence-electron chi connectivity index (χ0n) is 11.7. The van der Waals surface area contributed by atoms with Gasteiger partial charge in [-0.1, -0.05) is 30.3 Å². The Kier molecular flexibility index (Phi) is 5.16. The topological polar surface area (TPSA) is 21.3 Å². The van der Waals surface area contributed by atoms with Gasteiger partial charge in [0.25, 0.3) is 0 Å². The quantitative estimate of drug-likeness (QED) is 0.818. The highest BCUT2D eigenvalue weighted by Gasteiger charge is 2.25. The molecule has 1 aromatic carbocycles. The molecule has 2 atom stereocenters. The van der Waals surface area contributed by atoms with Gasteiger partial charge in [-0.2, -0.15) is 0 Å². The molecule has 0 aliphatic heterocycles. The zero-order valence-corrected chi connectivity index (χ0v) is 11.7. The Bertz CT molecular complexity index is 321. The van der Waals surface area contributed by atoms with Gasteiger partial charge in [0, 0.05) is 19.2 Å². The third-order valence-electron chi connectivity index (χ3n) is 3.49. The summed E-state index contributed by atoms with van der Waals surface area (Å²) in [5, 5.41) is 3.59. The van der Waals surface area contributed by atoms with E-state index in [1.54, 1.807) is 7.11 Å². The van der Waals surface area contributed by atoms with Crippen molar-refractivity contribution in [1.82, 2.24) is 5.32 Å². The van der Waals surface area contributed by atoms with Crippen LogP contribution in [-0.4, -0.2) is 24.8 Å². The van der Waals surface area contributed by atoms with E-state index in [1.165, 1.54) is 5.56 Å². The molecule has 96 valence electrons. The number of methoxy groups -OCH3 is 1. The van der Waals surface area contributed by atoms with Crippen molar-refractivity contribution < 1.29 is 4.74 Å². The highest BCUT2D eigenvalue weighted by molar-refractivity contribution is 5.15. The summed E-state index contributed by atoms with van der Waals surface area (Å²) in [6, 6.07) is 11.3. The van der Waals surface area contributed by atoms with Crippen LogP contribution in [0.25, 0.3) is 0 Å². The van der Waals surface area contributed by atoms with Crippen LogP contribution in [0.15, 0.2) is 30.3 Å². The molecule has 0 radical (unpaired) electrons. The molecule has 0 aliphatic carbocycles. The molecule has 17 heavy (non-hydrogen) atoms. The van der Waals surface area contributed by atoms with Crippen molar-refractivity contribution in [2.24, 2.45) is 0 Å². The fraction of sp³-hybridized carbons (Fsp3) is 0.600. The summed E-state index contributed by atoms with van der Waals surface area (Å²) in [5.41, 5.74) is 1.24. The molecule has 0 bridgehead atoms. The van der Waals surface area contributed by atoms with E-state index in [9.17, 15) is 0 Å². The van der Waals surface area contributed by atoms with Crippen molar-refractivity contribution in [3.05, 3.63) is 35.9 Å². The summed E-state index contributed by atoms with van der Waals surface area (Å²) < 4.78 is 5.49. The first kappa shape index (κ1) is 14.2. The van der Waals surface area contributed by atoms with Gasteiger partial charge in [-0.05, 0) is 39.7 Å². The maximum absolute atomic E-state index is 5.49. The summed E-state index contributed by atoms with van der Waals surface area (Å²) in [6.07, 6.45) is 1.05. The van der Waals surface area contributed by atoms with Crippen LogP contribution in [0.5, 0.6) is 0 Å². The minimum Gasteiger partial charge on any atom is -0.377 e. The molecule has 0 saturated heterocycles. The second kappa shape index (κ2) is 6.18. The van der Waals surface area contributed by atoms with Gasteiger partial charge in [0.05, 0.1) is 5.60 Å². The lowest BCUT2D eigenvalue weighted by atomic mass is 9.98. The minimum atomic E-state index is -0.134. The van der Waals surface area contributed by atoms with Crippen LogP contribution in [0.4, 0.5) is 0 Å². The molecule has 0 saturated carbocycles. The van der Waals surface area contributed by atoms with Crippen LogP contribution in [0.2, 0.25) is 0 Å². The zero-order chi connectivity index (χ0) is 12.9. The van der Waals surface area contributed by atoms with Gasteiger partial charge in [-0.15, -0.1) is 0 Å². The summed E-state index contributed by atoms with van der Waals surface area (Å²) in [5.74, 6) is 0. The minimum absolute atomic E-state index is 0.134. The van der Waals surface area contributed by atoms with Gasteiger partial charge in [0.1, 0.15) is 0 Å². The van der Waals surface area contributed by atoms with E-state index in [-0.39, 0.29) is 5.60 Å². The number of nitrogens with one attached hydrogen (secondary N) is 1. The number of ether oxygens (including phenoxy) is 1. The van der Waals surface area contributed by atoms with Crippen molar-refractivity contribution >= 4 is 0 Å². The average molecular weight is 235 g/mol. The third kappa shape index (κ3) is 4.49. The summed E-state index contributed by atoms with van der Waals surface area (Å²) in [4.78, 5) is 0. The number of rotatable bonds is 6. The molecule has 1 rings (SSSR count). The fourth-order valence-electron chi connectivity index (χ4n) is 1.83. The van der Waals surface area contributed by atoms with Crippen LogP contribution in [0.3, 0.4) is 0 Å². The van der Waals surface area contributed by atoms with Crippen LogP contribution in [-0.2, 0) is 11.2 Å². The predicted molar refractivity (Wildman–Crippen MR) is 73.3 cm³/mol. The smallest absolute Gasteiger partial charge is 0.0772 e. The largest absolute Gasteiger partial charge is 0.377 e. The number of benzene rings is 1. The first-order valence-corrected chi connectivity index (χ1v) is 6.31. The molecule has 0 amide bonds. The fourth-order valence-corrected chi connectivity index (χ4v) is 1.83. The van der Waals surface area contributed by atoms with Gasteiger partial charge in [-0.25, -0.2) is 0 Å². The van der Waals surface area contributed by atoms with Gasteiger partial charge in [0.15, 0.2) is 0 Å². The molecular formula is C15H25NO. The standard InChI is InChI=1S/C15H25NO/c1-12(11-14-9-7-6-8-10-14)16-13(2)15(3,4)17-5/h6-10,12-13,16H,11H2,1-5H3. The molecule has 0 fully saturated rings. The van der Waals surface area contributed by atoms with Crippen LogP contribution >= 0.6 is 0 Å². The SMILES string of the molecule is COC(C)(C)C(C)NC(C)Cc1ccccc1. The Hall–Kier alpha value is -0.860. The maximum Gasteiger partial charge on any atom is 0.0772 e. The predicted octanol–water partition coefficient (Wildman–Crippen LogP) is 3.02. The third-order valence-corrected chi connectivity index (χ3v) is 3.49. The van der Waals surface area contributed by atoms with E-state index >= 15 is 0 Å². The van der Waals surface area contributed by atoms with Crippen molar-refractivity contribution in [3.63, 3.8) is 0 Å². The van der Waals surface area contributed by atoms with E-state index in [4.69, 9.17) is 4.74 Å². The highest BCUT2D eigenvalue weighted by atomic mass is 16.5. The molecule has 0 aliphatic rings. The van der Waals surface area contributed by atoms with E-state index in [0.29, 0.717) is 12.1 Å². The highest BCUT2D eigenvalue weighted by Crippen LogP contribution is 2.14. The first-order chi connectivity index (χ1) is 7.95. The van der Waals surface area contributed by atoms with Crippen LogP contribution in [0.1, 0.15) is 33.3 Å². The van der Waals surface area contributed by atoms with E-state index in [1.807, 2.05) is 0 Å². The molecule has 2 unspecified atom stereocenters. The van der Waals surface area contributed by atoms with Crippen molar-refractivity contribution in [1.29, 1.82) is 0 Å². The van der Waals surface area contributed by atoms with E-state index in [0.717, 1.165) is 6.42 Å². The Balaban J connectivity index is 2.47. The van der Waals surface area contributed by atoms with Crippen LogP contribution in [0, 0.1) is 0 Å². The summed E-state index contributed by atoms with van der Waals surface area (Å²) in [7, 11) is 1.76. The normalized spacial score (nSPS) is 15.6. The van der Waals surface area contributed by atoms with Crippen molar-refractivity contribution in [2.75, 3.05) is 7.11 Å². The van der Waals surface area contributed by atoms with E-state index in [2.05, 4.69) is 63.3 Å². The van der Waals surface area contributed by atoms with Crippen LogP contribution < -0.4 is 5.32 Å². The van der Waals surface area contributed by atoms with Gasteiger partial charge in [-0.3, -0.25) is 0 Å². The number of hydrogen-bond acceptors (Lipinski definition) is 2. The molecular weight excluding hydrogens is 210 g/mol. The van der Waals surface area contributed by atoms with Crippen molar-refractivity contribution in [3.8, 4) is 0 Å². The van der Waals surface area contributed by atoms with E-state index < -0.39 is 0 Å². The molecule has 1 aromatic rings. The lowest BCUT2D eigenvalue weighted by Crippen LogP contribution is -2.49. The molecule has 2 nitrogen and oxygen atoms in total. The lowest BCUT2D eigenvalue weighted by molar-refractivity contribution is -0.00755. The molecule has 0 heterocycles. The first-order valence-electron chi connectivity index (χ1n) is 6.31. The molecule has 0 aromatic heterocycles. The average Bonchev–Trinajstić information content (AvgIpc) is 2.30. The Morgan fingerprint density at radius 1 is 1.18 bits per heavy atom. The molecule has 0 spiro atoms. The molecule has 1 N–H and O–H groups in total. The van der Waals surface area contributed by atoms with Gasteiger partial charge < -0.3 is 10.1 Å². The Morgan fingerprint density at radius 3 is 2.29 bits per heavy atom. The van der Waals surface area contributed by atoms with Crippen molar-refractivity contribution in [2.45, 2.75) is 51.8 Å². The molecule has 2 heteroatoms. The van der Waals surface area contributed by atoms with Gasteiger partial charge >= 0.3 is 0 Å². The summed E-state index contributed by atoms with van der Waals surface area (Å²) >= 11 is 0. The monoisotopic (exact) mass is 235 g/mol. The van der Waals surface area contributed by atoms with Gasteiger partial charge in [0.2, 0.25) is 0 Å². The Labute approximate surface area is 105 Å². The number of hydrogen-bond donors (Lipinski definition) is 1. The second-order valence-electron chi connectivity index (χ2n) is 5.29. The Morgan fingerprint density at radius 2 is 1.76 bits per heavy atom.